The summed E-state index contributed by atoms with van der Waals surface area (Å²) in [5.41, 5.74) is 0.141. The van der Waals surface area contributed by atoms with Crippen molar-refractivity contribution in [1.29, 1.82) is 0 Å². The molecule has 0 fully saturated rings. The lowest BCUT2D eigenvalue weighted by Gasteiger charge is -2.27. The van der Waals surface area contributed by atoms with Gasteiger partial charge >= 0.3 is 10.2 Å². The fraction of sp³-hybridized carbons (Fsp3) is 0.235. The number of carbonyl (C=O) groups excluding carboxylic acids is 1. The second-order valence-corrected chi connectivity index (χ2v) is 8.64. The van der Waals surface area contributed by atoms with Gasteiger partial charge in [0, 0.05) is 37.5 Å². The van der Waals surface area contributed by atoms with Gasteiger partial charge < -0.3 is 10.1 Å². The fourth-order valence-corrected chi connectivity index (χ4v) is 4.58. The first kappa shape index (κ1) is 21.4. The van der Waals surface area contributed by atoms with Crippen LogP contribution in [0.15, 0.2) is 45.9 Å². The number of carbonyl (C=O) groups is 1. The van der Waals surface area contributed by atoms with Crippen molar-refractivity contribution in [3.8, 4) is 0 Å². The lowest BCUT2D eigenvalue weighted by atomic mass is 10.2. The molecule has 3 rings (SSSR count). The summed E-state index contributed by atoms with van der Waals surface area (Å²) in [4.78, 5) is 16.9. The zero-order valence-electron chi connectivity index (χ0n) is 15.1. The second kappa shape index (κ2) is 8.99. The molecule has 1 N–H and O–H groups in total. The van der Waals surface area contributed by atoms with Crippen LogP contribution in [0, 0.1) is 5.82 Å². The molecule has 0 spiro atoms. The first-order valence-electron chi connectivity index (χ1n) is 8.31. The maximum absolute atomic E-state index is 13.4. The Morgan fingerprint density at radius 3 is 2.86 bits per heavy atom. The highest BCUT2D eigenvalue weighted by molar-refractivity contribution is 7.88. The molecule has 0 saturated heterocycles. The minimum atomic E-state index is -4.16. The number of methoxy groups -OCH3 is 1. The van der Waals surface area contributed by atoms with Gasteiger partial charge in [-0.05, 0) is 30.7 Å². The topological polar surface area (TPSA) is 101 Å². The monoisotopic (exact) mass is 458 g/mol. The molecule has 0 bridgehead atoms. The first-order chi connectivity index (χ1) is 13.8. The SMILES string of the molecule is COCCCN1C(C(=O)Nc2ccc(F)c(Cl)c2)=CC(c2nccs2)=NS1(=O)=O. The third-order valence-electron chi connectivity index (χ3n) is 3.81. The number of aromatic nitrogens is 1. The smallest absolute Gasteiger partial charge is 0.345 e. The fourth-order valence-electron chi connectivity index (χ4n) is 2.51. The quantitative estimate of drug-likeness (QED) is 0.643. The molecule has 0 unspecified atom stereocenters. The highest BCUT2D eigenvalue weighted by atomic mass is 35.5. The highest BCUT2D eigenvalue weighted by Gasteiger charge is 2.33. The molecule has 0 saturated carbocycles. The Morgan fingerprint density at radius 2 is 2.21 bits per heavy atom. The van der Waals surface area contributed by atoms with Crippen LogP contribution in [0.5, 0.6) is 0 Å². The maximum atomic E-state index is 13.4. The van der Waals surface area contributed by atoms with E-state index in [0.717, 1.165) is 10.4 Å². The average Bonchev–Trinajstić information content (AvgIpc) is 3.20. The molecule has 1 aromatic carbocycles. The van der Waals surface area contributed by atoms with Crippen molar-refractivity contribution < 1.29 is 22.3 Å². The van der Waals surface area contributed by atoms with Gasteiger partial charge in [0.25, 0.3) is 5.91 Å². The molecule has 0 atom stereocenters. The Hall–Kier alpha value is -2.34. The Kier molecular flexibility index (Phi) is 6.63. The zero-order chi connectivity index (χ0) is 21.0. The maximum Gasteiger partial charge on any atom is 0.345 e. The summed E-state index contributed by atoms with van der Waals surface area (Å²) >= 11 is 6.94. The lowest BCUT2D eigenvalue weighted by Crippen LogP contribution is -2.39. The molecule has 0 aliphatic carbocycles. The number of benzene rings is 1. The largest absolute Gasteiger partial charge is 0.385 e. The molecule has 29 heavy (non-hydrogen) atoms. The summed E-state index contributed by atoms with van der Waals surface area (Å²) in [5.74, 6) is -1.35. The van der Waals surface area contributed by atoms with Crippen molar-refractivity contribution in [2.75, 3.05) is 25.6 Å². The lowest BCUT2D eigenvalue weighted by molar-refractivity contribution is -0.113. The number of anilines is 1. The summed E-state index contributed by atoms with van der Waals surface area (Å²) in [6.45, 7) is 0.297. The summed E-state index contributed by atoms with van der Waals surface area (Å²) in [5, 5.41) is 4.40. The van der Waals surface area contributed by atoms with E-state index in [1.165, 1.54) is 42.9 Å². The number of hydrogen-bond acceptors (Lipinski definition) is 6. The second-order valence-electron chi connectivity index (χ2n) is 5.82. The third kappa shape index (κ3) is 4.99. The van der Waals surface area contributed by atoms with E-state index in [1.807, 2.05) is 0 Å². The molecule has 2 heterocycles. The molecule has 8 nitrogen and oxygen atoms in total. The van der Waals surface area contributed by atoms with E-state index in [-0.39, 0.29) is 28.7 Å². The number of allylic oxidation sites excluding steroid dienone is 1. The number of thiazole rings is 1. The number of halogens is 2. The molecular formula is C17H16ClFN4O4S2. The molecule has 0 radical (unpaired) electrons. The number of nitrogens with zero attached hydrogens (tertiary/aromatic N) is 3. The van der Waals surface area contributed by atoms with E-state index in [0.29, 0.717) is 18.0 Å². The van der Waals surface area contributed by atoms with Gasteiger partial charge in [-0.15, -0.1) is 15.7 Å². The highest BCUT2D eigenvalue weighted by Crippen LogP contribution is 2.25. The standard InChI is InChI=1S/C17H16ClFN4O4S2/c1-27-7-2-6-23-15(16(24)21-11-3-4-13(19)12(18)9-11)10-14(22-29(23,25)26)17-20-5-8-28-17/h3-5,8-10H,2,6-7H2,1H3,(H,21,24). The molecule has 1 aliphatic heterocycles. The van der Waals surface area contributed by atoms with Crippen molar-refractivity contribution in [1.82, 2.24) is 9.29 Å². The Morgan fingerprint density at radius 1 is 1.41 bits per heavy atom. The van der Waals surface area contributed by atoms with Crippen molar-refractivity contribution in [3.63, 3.8) is 0 Å². The van der Waals surface area contributed by atoms with E-state index in [2.05, 4.69) is 14.7 Å². The van der Waals surface area contributed by atoms with Crippen LogP contribution in [0.4, 0.5) is 10.1 Å². The number of hydrogen-bond donors (Lipinski definition) is 1. The molecular weight excluding hydrogens is 443 g/mol. The van der Waals surface area contributed by atoms with Crippen molar-refractivity contribution in [3.05, 3.63) is 57.4 Å². The Balaban J connectivity index is 1.95. The van der Waals surface area contributed by atoms with Crippen molar-refractivity contribution in [2.45, 2.75) is 6.42 Å². The van der Waals surface area contributed by atoms with E-state index in [1.54, 1.807) is 5.38 Å². The van der Waals surface area contributed by atoms with Gasteiger partial charge in [0.05, 0.1) is 5.02 Å². The van der Waals surface area contributed by atoms with Gasteiger partial charge in [0.2, 0.25) is 0 Å². The van der Waals surface area contributed by atoms with Crippen molar-refractivity contribution >= 4 is 50.5 Å². The summed E-state index contributed by atoms with van der Waals surface area (Å²) < 4.78 is 48.5. The van der Waals surface area contributed by atoms with Gasteiger partial charge in [0.1, 0.15) is 22.2 Å². The summed E-state index contributed by atoms with van der Waals surface area (Å²) in [7, 11) is -2.67. The predicted molar refractivity (Wildman–Crippen MR) is 109 cm³/mol. The number of nitrogens with one attached hydrogen (secondary N) is 1. The van der Waals surface area contributed by atoms with Gasteiger partial charge in [-0.25, -0.2) is 13.7 Å². The number of ether oxygens (including phenoxy) is 1. The molecule has 1 amide bonds. The third-order valence-corrected chi connectivity index (χ3v) is 6.25. The average molecular weight is 459 g/mol. The zero-order valence-corrected chi connectivity index (χ0v) is 17.5. The summed E-state index contributed by atoms with van der Waals surface area (Å²) in [6.07, 6.45) is 3.21. The van der Waals surface area contributed by atoms with E-state index in [4.69, 9.17) is 16.3 Å². The molecule has 154 valence electrons. The Labute approximate surface area is 175 Å². The van der Waals surface area contributed by atoms with Gasteiger partial charge in [-0.2, -0.15) is 8.42 Å². The number of amides is 1. The molecule has 1 aliphatic rings. The van der Waals surface area contributed by atoms with Crippen LogP contribution < -0.4 is 5.32 Å². The number of rotatable bonds is 7. The van der Waals surface area contributed by atoms with E-state index in [9.17, 15) is 17.6 Å². The first-order valence-corrected chi connectivity index (χ1v) is 11.0. The van der Waals surface area contributed by atoms with Crippen LogP contribution in [-0.2, 0) is 19.7 Å². The van der Waals surface area contributed by atoms with E-state index >= 15 is 0 Å². The van der Waals surface area contributed by atoms with Gasteiger partial charge in [-0.1, -0.05) is 11.6 Å². The van der Waals surface area contributed by atoms with Gasteiger partial charge in [0.15, 0.2) is 0 Å². The van der Waals surface area contributed by atoms with Crippen LogP contribution in [0.25, 0.3) is 0 Å². The van der Waals surface area contributed by atoms with E-state index < -0.39 is 21.9 Å². The van der Waals surface area contributed by atoms with Crippen LogP contribution >= 0.6 is 22.9 Å². The minimum absolute atomic E-state index is 0.00570. The van der Waals surface area contributed by atoms with Crippen LogP contribution in [0.1, 0.15) is 11.4 Å². The predicted octanol–water partition coefficient (Wildman–Crippen LogP) is 2.84. The van der Waals surface area contributed by atoms with Gasteiger partial charge in [-0.3, -0.25) is 4.79 Å². The van der Waals surface area contributed by atoms with Crippen LogP contribution in [0.3, 0.4) is 0 Å². The van der Waals surface area contributed by atoms with Crippen molar-refractivity contribution in [2.24, 2.45) is 4.40 Å². The molecule has 2 aromatic rings. The molecule has 12 heteroatoms. The Bertz CT molecular complexity index is 1070. The minimum Gasteiger partial charge on any atom is -0.385 e. The normalized spacial score (nSPS) is 15.6. The summed E-state index contributed by atoms with van der Waals surface area (Å²) in [6, 6.07) is 3.66. The van der Waals surface area contributed by atoms with Crippen LogP contribution in [0.2, 0.25) is 5.02 Å². The molecule has 1 aromatic heterocycles. The van der Waals surface area contributed by atoms with Crippen LogP contribution in [-0.4, -0.2) is 49.6 Å².